The first-order valence-electron chi connectivity index (χ1n) is 4.91. The van der Waals surface area contributed by atoms with Crippen LogP contribution in [0.15, 0.2) is 22.7 Å². The van der Waals surface area contributed by atoms with Crippen molar-refractivity contribution < 1.29 is 14.9 Å². The zero-order valence-electron chi connectivity index (χ0n) is 8.24. The second-order valence-electron chi connectivity index (χ2n) is 3.81. The molecule has 0 aromatic heterocycles. The molecule has 0 spiro atoms. The van der Waals surface area contributed by atoms with Crippen LogP contribution in [0.5, 0.6) is 5.75 Å². The fourth-order valence-corrected chi connectivity index (χ4v) is 2.46. The maximum atomic E-state index is 10.4. The molecule has 3 nitrogen and oxygen atoms in total. The average Bonchev–Trinajstić information content (AvgIpc) is 2.23. The van der Waals surface area contributed by atoms with E-state index >= 15 is 0 Å². The van der Waals surface area contributed by atoms with Crippen molar-refractivity contribution in [2.75, 3.05) is 13.2 Å². The number of ether oxygens (including phenoxy) is 1. The third kappa shape index (κ3) is 2.17. The predicted molar refractivity (Wildman–Crippen MR) is 59.8 cm³/mol. The van der Waals surface area contributed by atoms with Crippen LogP contribution < -0.4 is 0 Å². The highest BCUT2D eigenvalue weighted by atomic mass is 79.9. The van der Waals surface area contributed by atoms with E-state index in [9.17, 15) is 10.2 Å². The molecule has 0 atom stereocenters. The summed E-state index contributed by atoms with van der Waals surface area (Å²) in [6.45, 7) is 1.11. The topological polar surface area (TPSA) is 49.7 Å². The van der Waals surface area contributed by atoms with E-state index in [4.69, 9.17) is 4.74 Å². The van der Waals surface area contributed by atoms with E-state index in [1.807, 2.05) is 0 Å². The largest absolute Gasteiger partial charge is 0.508 e. The summed E-state index contributed by atoms with van der Waals surface area (Å²) in [7, 11) is 0. The number of benzene rings is 1. The quantitative estimate of drug-likeness (QED) is 0.824. The number of hydrogen-bond acceptors (Lipinski definition) is 3. The van der Waals surface area contributed by atoms with Gasteiger partial charge < -0.3 is 14.9 Å². The number of phenolic OH excluding ortho intramolecular Hbond substituents is 1. The molecule has 0 radical (unpaired) electrons. The van der Waals surface area contributed by atoms with E-state index in [2.05, 4.69) is 15.9 Å². The fraction of sp³-hybridized carbons (Fsp3) is 0.455. The Labute approximate surface area is 96.8 Å². The standard InChI is InChI=1S/C11H13BrO3/c12-10-2-1-8(13)7-9(10)11(14)3-5-15-6-4-11/h1-2,7,13-14H,3-6H2. The molecule has 15 heavy (non-hydrogen) atoms. The minimum absolute atomic E-state index is 0.174. The summed E-state index contributed by atoms with van der Waals surface area (Å²) >= 11 is 3.39. The number of aliphatic hydroxyl groups is 1. The van der Waals surface area contributed by atoms with Gasteiger partial charge in [0.05, 0.1) is 5.60 Å². The predicted octanol–water partition coefficient (Wildman–Crippen LogP) is 2.15. The van der Waals surface area contributed by atoms with Gasteiger partial charge in [-0.15, -0.1) is 0 Å². The molecule has 4 heteroatoms. The lowest BCUT2D eigenvalue weighted by Crippen LogP contribution is -2.33. The zero-order chi connectivity index (χ0) is 10.9. The summed E-state index contributed by atoms with van der Waals surface area (Å²) < 4.78 is 6.04. The van der Waals surface area contributed by atoms with Gasteiger partial charge in [-0.3, -0.25) is 0 Å². The molecule has 0 unspecified atom stereocenters. The van der Waals surface area contributed by atoms with Crippen LogP contribution in [0.1, 0.15) is 18.4 Å². The first-order chi connectivity index (χ1) is 7.12. The van der Waals surface area contributed by atoms with Crippen molar-refractivity contribution in [2.24, 2.45) is 0 Å². The third-order valence-corrected chi connectivity index (χ3v) is 3.46. The van der Waals surface area contributed by atoms with E-state index in [0.717, 1.165) is 10.0 Å². The van der Waals surface area contributed by atoms with Crippen LogP contribution in [0.4, 0.5) is 0 Å². The maximum Gasteiger partial charge on any atom is 0.116 e. The van der Waals surface area contributed by atoms with E-state index in [1.54, 1.807) is 18.2 Å². The Bertz CT molecular complexity index is 359. The molecule has 1 saturated heterocycles. The molecule has 1 aliphatic heterocycles. The molecule has 1 fully saturated rings. The summed E-state index contributed by atoms with van der Waals surface area (Å²) in [5.41, 5.74) is -0.138. The van der Waals surface area contributed by atoms with Crippen LogP contribution in [-0.4, -0.2) is 23.4 Å². The summed E-state index contributed by atoms with van der Waals surface area (Å²) in [6.07, 6.45) is 1.13. The fourth-order valence-electron chi connectivity index (χ4n) is 1.85. The van der Waals surface area contributed by atoms with Gasteiger partial charge >= 0.3 is 0 Å². The molecule has 1 aromatic carbocycles. The summed E-state index contributed by atoms with van der Waals surface area (Å²) in [4.78, 5) is 0. The molecule has 0 amide bonds. The summed E-state index contributed by atoms with van der Waals surface area (Å²) in [6, 6.07) is 4.95. The van der Waals surface area contributed by atoms with Crippen LogP contribution in [0, 0.1) is 0 Å². The highest BCUT2D eigenvalue weighted by molar-refractivity contribution is 9.10. The normalized spacial score (nSPS) is 20.1. The van der Waals surface area contributed by atoms with Gasteiger partial charge in [0.1, 0.15) is 5.75 Å². The van der Waals surface area contributed by atoms with Crippen molar-refractivity contribution in [3.05, 3.63) is 28.2 Å². The van der Waals surface area contributed by atoms with E-state index in [1.165, 1.54) is 0 Å². The van der Waals surface area contributed by atoms with Gasteiger partial charge in [0, 0.05) is 36.1 Å². The number of aromatic hydroxyl groups is 1. The molecule has 82 valence electrons. The van der Waals surface area contributed by atoms with Crippen molar-refractivity contribution >= 4 is 15.9 Å². The van der Waals surface area contributed by atoms with E-state index < -0.39 is 5.60 Å². The van der Waals surface area contributed by atoms with Gasteiger partial charge in [-0.25, -0.2) is 0 Å². The van der Waals surface area contributed by atoms with Crippen molar-refractivity contribution in [3.8, 4) is 5.75 Å². The lowest BCUT2D eigenvalue weighted by Gasteiger charge is -2.33. The van der Waals surface area contributed by atoms with Gasteiger partial charge in [-0.2, -0.15) is 0 Å². The van der Waals surface area contributed by atoms with Crippen LogP contribution >= 0.6 is 15.9 Å². The van der Waals surface area contributed by atoms with Crippen LogP contribution in [0.25, 0.3) is 0 Å². The molecular weight excluding hydrogens is 260 g/mol. The van der Waals surface area contributed by atoms with Crippen LogP contribution in [0.2, 0.25) is 0 Å². The Balaban J connectivity index is 2.38. The number of hydrogen-bond donors (Lipinski definition) is 2. The highest BCUT2D eigenvalue weighted by Crippen LogP contribution is 2.37. The van der Waals surface area contributed by atoms with Crippen molar-refractivity contribution in [1.82, 2.24) is 0 Å². The van der Waals surface area contributed by atoms with Gasteiger partial charge in [-0.05, 0) is 18.2 Å². The second-order valence-corrected chi connectivity index (χ2v) is 4.66. The first kappa shape index (κ1) is 10.9. The molecule has 1 aromatic rings. The summed E-state index contributed by atoms with van der Waals surface area (Å²) in [5.74, 6) is 0.174. The molecule has 2 rings (SSSR count). The second kappa shape index (κ2) is 4.12. The molecule has 2 N–H and O–H groups in total. The first-order valence-corrected chi connectivity index (χ1v) is 5.70. The Kier molecular flexibility index (Phi) is 3.00. The minimum atomic E-state index is -0.879. The lowest BCUT2D eigenvalue weighted by molar-refractivity contribution is -0.0684. The molecule has 0 saturated carbocycles. The average molecular weight is 273 g/mol. The molecule has 1 aliphatic rings. The Morgan fingerprint density at radius 1 is 1.27 bits per heavy atom. The Morgan fingerprint density at radius 3 is 2.60 bits per heavy atom. The number of phenols is 1. The highest BCUT2D eigenvalue weighted by Gasteiger charge is 2.33. The third-order valence-electron chi connectivity index (χ3n) is 2.77. The van der Waals surface area contributed by atoms with Gasteiger partial charge in [0.15, 0.2) is 0 Å². The Hall–Kier alpha value is -0.580. The van der Waals surface area contributed by atoms with Crippen molar-refractivity contribution in [1.29, 1.82) is 0 Å². The SMILES string of the molecule is Oc1ccc(Br)c(C2(O)CCOCC2)c1. The molecule has 0 aliphatic carbocycles. The van der Waals surface area contributed by atoms with Crippen LogP contribution in [0.3, 0.4) is 0 Å². The number of halogens is 1. The number of rotatable bonds is 1. The minimum Gasteiger partial charge on any atom is -0.508 e. The van der Waals surface area contributed by atoms with Gasteiger partial charge in [-0.1, -0.05) is 15.9 Å². The van der Waals surface area contributed by atoms with Gasteiger partial charge in [0.2, 0.25) is 0 Å². The molecular formula is C11H13BrO3. The molecule has 0 bridgehead atoms. The monoisotopic (exact) mass is 272 g/mol. The van der Waals surface area contributed by atoms with Gasteiger partial charge in [0.25, 0.3) is 0 Å². The maximum absolute atomic E-state index is 10.4. The van der Waals surface area contributed by atoms with Crippen molar-refractivity contribution in [2.45, 2.75) is 18.4 Å². The molecule has 1 heterocycles. The van der Waals surface area contributed by atoms with E-state index in [-0.39, 0.29) is 5.75 Å². The summed E-state index contributed by atoms with van der Waals surface area (Å²) in [5, 5.41) is 19.8. The lowest BCUT2D eigenvalue weighted by atomic mass is 9.86. The van der Waals surface area contributed by atoms with Crippen molar-refractivity contribution in [3.63, 3.8) is 0 Å². The zero-order valence-corrected chi connectivity index (χ0v) is 9.83. The smallest absolute Gasteiger partial charge is 0.116 e. The van der Waals surface area contributed by atoms with E-state index in [0.29, 0.717) is 26.1 Å². The Morgan fingerprint density at radius 2 is 1.93 bits per heavy atom. The van der Waals surface area contributed by atoms with Crippen LogP contribution in [-0.2, 0) is 10.3 Å².